The van der Waals surface area contributed by atoms with Crippen LogP contribution in [0.25, 0.3) is 6.08 Å². The van der Waals surface area contributed by atoms with Gasteiger partial charge in [0.15, 0.2) is 0 Å². The molecule has 42 heavy (non-hydrogen) atoms. The number of benzene rings is 3. The van der Waals surface area contributed by atoms with E-state index in [0.717, 1.165) is 36.0 Å². The zero-order valence-corrected chi connectivity index (χ0v) is 24.6. The maximum absolute atomic E-state index is 13.2. The molecule has 0 fully saturated rings. The molecule has 2 amide bonds. The number of ketones is 1. The van der Waals surface area contributed by atoms with E-state index < -0.39 is 0 Å². The van der Waals surface area contributed by atoms with E-state index >= 15 is 0 Å². The third-order valence-electron chi connectivity index (χ3n) is 7.22. The Kier molecular flexibility index (Phi) is 10.8. The number of nitrogens with one attached hydrogen (secondary N) is 1. The molecule has 0 atom stereocenters. The van der Waals surface area contributed by atoms with Crippen molar-refractivity contribution in [2.24, 2.45) is 10.7 Å². The molecule has 0 bridgehead atoms. The van der Waals surface area contributed by atoms with Gasteiger partial charge in [-0.3, -0.25) is 14.4 Å². The second-order valence-corrected chi connectivity index (χ2v) is 10.7. The number of Topliss-reactive ketones (excluding diaryl/α,β-unsaturated/α-hetero) is 1. The number of anilines is 1. The molecule has 1 aliphatic heterocycles. The minimum absolute atomic E-state index is 0.0238. The zero-order chi connectivity index (χ0) is 29.9. The van der Waals surface area contributed by atoms with E-state index in [-0.39, 0.29) is 24.0 Å². The lowest BCUT2D eigenvalue weighted by atomic mass is 10.0. The van der Waals surface area contributed by atoms with Gasteiger partial charge in [-0.25, -0.2) is 4.99 Å². The maximum atomic E-state index is 13.2. The number of aryl methyl sites for hydroxylation is 2. The number of carbonyl (C=O) groups is 3. The summed E-state index contributed by atoms with van der Waals surface area (Å²) >= 11 is 0. The molecule has 1 heterocycles. The Balaban J connectivity index is 1.40. The molecule has 1 aliphatic rings. The van der Waals surface area contributed by atoms with Crippen molar-refractivity contribution in [3.05, 3.63) is 101 Å². The fourth-order valence-corrected chi connectivity index (χ4v) is 5.07. The number of carbonyl (C=O) groups excluding carboxylic acids is 3. The molecule has 0 aliphatic carbocycles. The summed E-state index contributed by atoms with van der Waals surface area (Å²) < 4.78 is 0. The predicted molar refractivity (Wildman–Crippen MR) is 170 cm³/mol. The number of rotatable bonds is 13. The summed E-state index contributed by atoms with van der Waals surface area (Å²) in [6, 6.07) is 22.8. The van der Waals surface area contributed by atoms with Gasteiger partial charge in [0.05, 0.1) is 5.69 Å². The Hall–Kier alpha value is -4.52. The number of nitrogens with zero attached hydrogens (tertiary/aromatic N) is 2. The van der Waals surface area contributed by atoms with E-state index in [1.54, 1.807) is 18.2 Å². The van der Waals surface area contributed by atoms with Gasteiger partial charge in [-0.15, -0.1) is 0 Å². The average molecular weight is 565 g/mol. The summed E-state index contributed by atoms with van der Waals surface area (Å²) in [5.74, 6) is 0.263. The van der Waals surface area contributed by atoms with Crippen LogP contribution in [0, 0.1) is 0 Å². The van der Waals surface area contributed by atoms with Gasteiger partial charge < -0.3 is 16.0 Å². The number of amides is 2. The first kappa shape index (κ1) is 30.4. The lowest BCUT2D eigenvalue weighted by Crippen LogP contribution is -2.34. The van der Waals surface area contributed by atoms with E-state index in [1.165, 1.54) is 0 Å². The molecule has 7 nitrogen and oxygen atoms in total. The number of aliphatic imine (C=N–C) groups is 1. The predicted octanol–water partition coefficient (Wildman–Crippen LogP) is 6.50. The van der Waals surface area contributed by atoms with Gasteiger partial charge in [-0.1, -0.05) is 62.4 Å². The summed E-state index contributed by atoms with van der Waals surface area (Å²) in [4.78, 5) is 45.2. The van der Waals surface area contributed by atoms with Crippen LogP contribution in [-0.4, -0.2) is 41.4 Å². The van der Waals surface area contributed by atoms with Crippen LogP contribution in [-0.2, 0) is 22.4 Å². The summed E-state index contributed by atoms with van der Waals surface area (Å²) in [6.07, 6.45) is 6.21. The Morgan fingerprint density at radius 3 is 2.26 bits per heavy atom. The summed E-state index contributed by atoms with van der Waals surface area (Å²) in [5, 5.41) is 2.96. The molecule has 0 saturated carbocycles. The van der Waals surface area contributed by atoms with Crippen molar-refractivity contribution >= 4 is 40.9 Å². The first-order valence-electron chi connectivity index (χ1n) is 14.8. The van der Waals surface area contributed by atoms with Crippen LogP contribution in [0.15, 0.2) is 83.4 Å². The van der Waals surface area contributed by atoms with Crippen molar-refractivity contribution in [2.45, 2.75) is 58.8 Å². The molecular weight excluding hydrogens is 524 g/mol. The molecule has 3 aromatic carbocycles. The third-order valence-corrected chi connectivity index (χ3v) is 7.22. The molecule has 218 valence electrons. The summed E-state index contributed by atoms with van der Waals surface area (Å²) in [5.41, 5.74) is 11.4. The molecule has 0 aromatic heterocycles. The highest BCUT2D eigenvalue weighted by Gasteiger charge is 2.21. The largest absolute Gasteiger partial charge is 0.387 e. The number of hydrogen-bond acceptors (Lipinski definition) is 5. The minimum Gasteiger partial charge on any atom is -0.387 e. The fraction of sp³-hybridized carbons (Fsp3) is 0.314. The van der Waals surface area contributed by atoms with Gasteiger partial charge in [0.1, 0.15) is 11.6 Å². The van der Waals surface area contributed by atoms with E-state index in [4.69, 9.17) is 5.73 Å². The quantitative estimate of drug-likeness (QED) is 0.247. The standard InChI is InChI=1S/C35H40N4O3/c1-3-19-39(20-4-2)35(42)29-22-27-15-16-28(23-32(27)38-33(36)24-29)34(41)37-30-12-8-11-26(21-30)14-18-31(40)17-13-25-9-6-5-7-10-25/h5-12,15-16,21-23H,3-4,13-14,17-20,24H2,1-2H3,(H2,36,38)(H,37,41). The molecule has 0 saturated heterocycles. The van der Waals surface area contributed by atoms with Crippen LogP contribution in [0.2, 0.25) is 0 Å². The number of hydrogen-bond donors (Lipinski definition) is 2. The van der Waals surface area contributed by atoms with Gasteiger partial charge in [-0.05, 0) is 67.2 Å². The van der Waals surface area contributed by atoms with Crippen molar-refractivity contribution in [3.63, 3.8) is 0 Å². The normalized spacial score (nSPS) is 12.4. The lowest BCUT2D eigenvalue weighted by molar-refractivity contribution is -0.127. The van der Waals surface area contributed by atoms with Crippen LogP contribution in [0.5, 0.6) is 0 Å². The maximum Gasteiger partial charge on any atom is 0.255 e. The highest BCUT2D eigenvalue weighted by Crippen LogP contribution is 2.29. The Morgan fingerprint density at radius 2 is 1.55 bits per heavy atom. The summed E-state index contributed by atoms with van der Waals surface area (Å²) in [7, 11) is 0. The highest BCUT2D eigenvalue weighted by atomic mass is 16.2. The Morgan fingerprint density at radius 1 is 0.857 bits per heavy atom. The van der Waals surface area contributed by atoms with Crippen LogP contribution in [0.4, 0.5) is 11.4 Å². The van der Waals surface area contributed by atoms with Crippen molar-refractivity contribution in [3.8, 4) is 0 Å². The van der Waals surface area contributed by atoms with Gasteiger partial charge in [0.2, 0.25) is 5.91 Å². The highest BCUT2D eigenvalue weighted by molar-refractivity contribution is 6.08. The second-order valence-electron chi connectivity index (χ2n) is 10.7. The van der Waals surface area contributed by atoms with Crippen molar-refractivity contribution in [1.29, 1.82) is 0 Å². The van der Waals surface area contributed by atoms with Crippen molar-refractivity contribution in [1.82, 2.24) is 4.90 Å². The second kappa shape index (κ2) is 14.9. The van der Waals surface area contributed by atoms with Gasteiger partial charge in [-0.2, -0.15) is 0 Å². The number of nitrogens with two attached hydrogens (primary N) is 1. The fourth-order valence-electron chi connectivity index (χ4n) is 5.07. The Bertz CT molecular complexity index is 1470. The smallest absolute Gasteiger partial charge is 0.255 e. The SMILES string of the molecule is CCCN(CCC)C(=O)C1=Cc2ccc(C(=O)Nc3cccc(CCC(=O)CCc4ccccc4)c3)cc2N=C(N)C1. The van der Waals surface area contributed by atoms with Crippen LogP contribution in [0.3, 0.4) is 0 Å². The van der Waals surface area contributed by atoms with E-state index in [2.05, 4.69) is 24.2 Å². The minimum atomic E-state index is -0.274. The third kappa shape index (κ3) is 8.49. The van der Waals surface area contributed by atoms with Crippen molar-refractivity contribution < 1.29 is 14.4 Å². The topological polar surface area (TPSA) is 105 Å². The first-order valence-corrected chi connectivity index (χ1v) is 14.8. The van der Waals surface area contributed by atoms with Crippen LogP contribution < -0.4 is 11.1 Å². The van der Waals surface area contributed by atoms with E-state index in [0.29, 0.717) is 60.7 Å². The molecule has 3 aromatic rings. The molecule has 3 N–H and O–H groups in total. The number of fused-ring (bicyclic) bond motifs is 1. The summed E-state index contributed by atoms with van der Waals surface area (Å²) in [6.45, 7) is 5.50. The molecule has 7 heteroatoms. The van der Waals surface area contributed by atoms with Crippen molar-refractivity contribution in [2.75, 3.05) is 18.4 Å². The molecule has 0 unspecified atom stereocenters. The molecule has 4 rings (SSSR count). The van der Waals surface area contributed by atoms with Gasteiger partial charge in [0.25, 0.3) is 5.91 Å². The number of amidine groups is 1. The monoisotopic (exact) mass is 564 g/mol. The van der Waals surface area contributed by atoms with E-state index in [1.807, 2.05) is 65.6 Å². The average Bonchev–Trinajstić information content (AvgIpc) is 3.16. The zero-order valence-electron chi connectivity index (χ0n) is 24.6. The first-order chi connectivity index (χ1) is 20.4. The van der Waals surface area contributed by atoms with Crippen LogP contribution >= 0.6 is 0 Å². The Labute approximate surface area is 248 Å². The lowest BCUT2D eigenvalue weighted by Gasteiger charge is -2.22. The van der Waals surface area contributed by atoms with E-state index in [9.17, 15) is 14.4 Å². The van der Waals surface area contributed by atoms with Crippen LogP contribution in [0.1, 0.15) is 73.0 Å². The molecule has 0 radical (unpaired) electrons. The van der Waals surface area contributed by atoms with Gasteiger partial charge >= 0.3 is 0 Å². The molecule has 0 spiro atoms. The molecular formula is C35H40N4O3. The van der Waals surface area contributed by atoms with Gasteiger partial charge in [0, 0.05) is 54.7 Å².